The summed E-state index contributed by atoms with van der Waals surface area (Å²) in [6, 6.07) is 1.01. The Morgan fingerprint density at radius 3 is 1.77 bits per heavy atom. The van der Waals surface area contributed by atoms with Crippen LogP contribution in [-0.2, 0) is 82.8 Å². The van der Waals surface area contributed by atoms with Gasteiger partial charge in [0.15, 0.2) is 12.6 Å². The van der Waals surface area contributed by atoms with E-state index < -0.39 is 179 Å². The molecule has 11 atom stereocenters. The van der Waals surface area contributed by atoms with Gasteiger partial charge in [0.25, 0.3) is 0 Å². The number of halogens is 6. The lowest BCUT2D eigenvalue weighted by atomic mass is 9.94. The molecule has 0 aliphatic carbocycles. The van der Waals surface area contributed by atoms with E-state index in [2.05, 4.69) is 10.6 Å². The Kier molecular flexibility index (Phi) is 21.7. The van der Waals surface area contributed by atoms with E-state index in [0.29, 0.717) is 9.80 Å². The number of aromatic nitrogens is 1. The number of ether oxygens (including phenoxy) is 9. The first-order valence-corrected chi connectivity index (χ1v) is 26.5. The zero-order valence-corrected chi connectivity index (χ0v) is 44.6. The van der Waals surface area contributed by atoms with Gasteiger partial charge in [0.05, 0.1) is 49.5 Å². The van der Waals surface area contributed by atoms with Gasteiger partial charge in [0.1, 0.15) is 99.8 Å². The number of hydrogen-bond donors (Lipinski definition) is 6. The molecule has 7 rings (SSSR count). The number of ketones is 1. The molecule has 5 fully saturated rings. The molecule has 28 nitrogen and oxygen atoms in total. The number of amides is 6. The smallest absolute Gasteiger partial charge is 0.471 e. The number of fused-ring (bicyclic) bond motifs is 3. The van der Waals surface area contributed by atoms with Crippen LogP contribution >= 0.6 is 11.8 Å². The summed E-state index contributed by atoms with van der Waals surface area (Å²) in [4.78, 5) is 114. The van der Waals surface area contributed by atoms with Crippen LogP contribution in [0.4, 0.5) is 26.3 Å². The number of carbonyl (C=O) groups excluding carboxylic acids is 9. The van der Waals surface area contributed by atoms with E-state index >= 15 is 0 Å². The number of Topliss-reactive ketones (excluding diaryl/α,β-unsaturated/α-hetero) is 1. The lowest BCUT2D eigenvalue weighted by molar-refractivity contribution is -0.300. The van der Waals surface area contributed by atoms with Gasteiger partial charge in [-0.2, -0.15) is 26.3 Å². The van der Waals surface area contributed by atoms with Crippen LogP contribution in [0.2, 0.25) is 0 Å². The van der Waals surface area contributed by atoms with Gasteiger partial charge in [-0.15, -0.1) is 11.8 Å². The van der Waals surface area contributed by atoms with Gasteiger partial charge in [-0.05, 0) is 25.1 Å². The van der Waals surface area contributed by atoms with Gasteiger partial charge < -0.3 is 88.1 Å². The number of nitrogens with one attached hydrogen (secondary N) is 2. The van der Waals surface area contributed by atoms with Crippen LogP contribution in [0.15, 0.2) is 24.4 Å². The Balaban J connectivity index is 0.881. The Hall–Kier alpha value is -6.28. The highest BCUT2D eigenvalue weighted by molar-refractivity contribution is 8.01. The van der Waals surface area contributed by atoms with Crippen molar-refractivity contribution < 1.29 is 133 Å². The van der Waals surface area contributed by atoms with Crippen LogP contribution in [0, 0.1) is 0 Å². The zero-order chi connectivity index (χ0) is 60.5. The van der Waals surface area contributed by atoms with Crippen molar-refractivity contribution in [1.82, 2.24) is 29.9 Å². The molecule has 35 heteroatoms. The van der Waals surface area contributed by atoms with E-state index in [4.69, 9.17) is 42.6 Å². The van der Waals surface area contributed by atoms with Crippen LogP contribution < -0.4 is 15.4 Å². The molecule has 83 heavy (non-hydrogen) atoms. The molecule has 0 bridgehead atoms. The highest BCUT2D eigenvalue weighted by Gasteiger charge is 2.56. The number of likely N-dealkylation sites (tertiary alicyclic amines) is 1. The molecular weight excluding hydrogens is 1160 g/mol. The van der Waals surface area contributed by atoms with Crippen LogP contribution in [0.1, 0.15) is 23.7 Å². The quantitative estimate of drug-likeness (QED) is 0.0263. The molecule has 5 aliphatic rings. The van der Waals surface area contributed by atoms with E-state index in [1.54, 1.807) is 0 Å². The van der Waals surface area contributed by atoms with Crippen molar-refractivity contribution >= 4 is 75.8 Å². The first-order valence-electron chi connectivity index (χ1n) is 25.5. The third kappa shape index (κ3) is 16.1. The number of rotatable bonds is 24. The first kappa shape index (κ1) is 64.3. The molecular formula is C48H58F6N6O22S. The van der Waals surface area contributed by atoms with Crippen molar-refractivity contribution in [3.8, 4) is 5.75 Å². The van der Waals surface area contributed by atoms with Gasteiger partial charge in [-0.3, -0.25) is 43.3 Å². The fourth-order valence-corrected chi connectivity index (χ4v) is 10.4. The maximum Gasteiger partial charge on any atom is 0.471 e. The molecule has 5 saturated heterocycles. The van der Waals surface area contributed by atoms with Gasteiger partial charge >= 0.3 is 36.1 Å². The molecule has 0 saturated carbocycles. The molecule has 6 N–H and O–H groups in total. The maximum atomic E-state index is 13.6. The minimum atomic E-state index is -5.27. The number of esters is 2. The van der Waals surface area contributed by atoms with Crippen LogP contribution in [0.5, 0.6) is 5.75 Å². The van der Waals surface area contributed by atoms with E-state index in [1.807, 2.05) is 0 Å². The molecule has 0 spiro atoms. The number of aliphatic hydroxyl groups excluding tert-OH is 4. The van der Waals surface area contributed by atoms with Crippen molar-refractivity contribution in [1.29, 1.82) is 0 Å². The van der Waals surface area contributed by atoms with Gasteiger partial charge in [-0.1, -0.05) is 0 Å². The number of imide groups is 1. The van der Waals surface area contributed by atoms with E-state index in [-0.39, 0.29) is 86.4 Å². The second-order valence-corrected chi connectivity index (χ2v) is 20.3. The Morgan fingerprint density at radius 2 is 1.25 bits per heavy atom. The summed E-state index contributed by atoms with van der Waals surface area (Å²) in [6.07, 6.45) is -22.8. The molecule has 0 radical (unpaired) electrons. The monoisotopic (exact) mass is 1220 g/mol. The molecule has 6 amide bonds. The predicted molar refractivity (Wildman–Crippen MR) is 261 cm³/mol. The lowest BCUT2D eigenvalue weighted by Crippen LogP contribution is -2.70. The van der Waals surface area contributed by atoms with Gasteiger partial charge in [0, 0.05) is 49.7 Å². The van der Waals surface area contributed by atoms with Crippen LogP contribution in [0.25, 0.3) is 10.9 Å². The molecule has 1 aromatic carbocycles. The summed E-state index contributed by atoms with van der Waals surface area (Å²) in [6.45, 7) is -4.95. The minimum absolute atomic E-state index is 0.0519. The highest BCUT2D eigenvalue weighted by Crippen LogP contribution is 2.34. The zero-order valence-electron chi connectivity index (χ0n) is 43.8. The number of alkyl halides is 6. The normalized spacial score (nSPS) is 26.5. The molecule has 2 aromatic rings. The summed E-state index contributed by atoms with van der Waals surface area (Å²) in [7, 11) is 0. The maximum absolute atomic E-state index is 13.6. The number of hydrogen-bond acceptors (Lipinski definition) is 23. The van der Waals surface area contributed by atoms with Crippen molar-refractivity contribution in [2.24, 2.45) is 0 Å². The van der Waals surface area contributed by atoms with Crippen molar-refractivity contribution in [2.45, 2.75) is 98.8 Å². The third-order valence-corrected chi connectivity index (χ3v) is 14.7. The number of benzene rings is 1. The van der Waals surface area contributed by atoms with Crippen molar-refractivity contribution in [3.05, 3.63) is 30.0 Å². The number of thioether (sulfide) groups is 1. The fourth-order valence-electron chi connectivity index (χ4n) is 9.42. The summed E-state index contributed by atoms with van der Waals surface area (Å²) >= 11 is 1.06. The second kappa shape index (κ2) is 28.1. The lowest BCUT2D eigenvalue weighted by Gasteiger charge is -2.49. The van der Waals surface area contributed by atoms with E-state index in [1.165, 1.54) is 35.9 Å². The highest BCUT2D eigenvalue weighted by atomic mass is 32.2. The second-order valence-electron chi connectivity index (χ2n) is 19.1. The fraction of sp³-hybridized carbons (Fsp3) is 0.646. The SMILES string of the molecule is CC(=O)CSC1CC(=O)N(CCOc2ccc3c(c2)c(C(=O)OCCOCC(=O)NCC2OC4OCCN(C(=O)C(F)(F)F)[C@@H]4[C@@H](O)[C@H]2O)cn3CC(=O)OCCOCC(=O)NC[C@H]2OC3OCCN(C(=O)C(F)(F)F)[C@@H]3[C@@H](O)[C@H]2O)C1=O. The molecule has 1 aromatic heterocycles. The van der Waals surface area contributed by atoms with E-state index in [0.717, 1.165) is 16.7 Å². The average Bonchev–Trinajstić information content (AvgIpc) is 3.80. The van der Waals surface area contributed by atoms with Crippen molar-refractivity contribution in [3.63, 3.8) is 0 Å². The Bertz CT molecular complexity index is 2720. The number of nitrogens with zero attached hydrogens (tertiary/aromatic N) is 4. The largest absolute Gasteiger partial charge is 0.492 e. The molecule has 460 valence electrons. The Labute approximate surface area is 469 Å². The average molecular weight is 1220 g/mol. The molecule has 6 heterocycles. The Morgan fingerprint density at radius 1 is 0.723 bits per heavy atom. The third-order valence-electron chi connectivity index (χ3n) is 13.4. The van der Waals surface area contributed by atoms with Crippen molar-refractivity contribution in [2.75, 3.05) is 97.9 Å². The van der Waals surface area contributed by atoms with Crippen LogP contribution in [-0.4, -0.2) is 270 Å². The standard InChI is InChI=1S/C48H58F6N6O22S/c1-23(61)22-83-30-15-33(64)58(41(30)70)4-7-76-24-2-3-27-25(14-24)26(42(71)78-13-11-75-21-32(63)56-17-29-38(67)40(69)36-44(82-29)80-9-6-60(36)46(73)48(52,53)54)18-57(27)19-34(65)77-12-10-74-20-31(62)55-16-28-37(66)39(68)35-43(81-28)79-8-5-59(35)45(72)47(49,50)51/h2-3,14,18,28-30,35-40,43-44,66-69H,4-13,15-17,19-22H2,1H3,(H,55,62)(H,56,63)/t28-,29?,30?,35-,36-,37+,38+,39-,40-,43?,44?/m1/s1. The minimum Gasteiger partial charge on any atom is -0.492 e. The van der Waals surface area contributed by atoms with E-state index in [9.17, 15) is 89.9 Å². The van der Waals surface area contributed by atoms with Crippen LogP contribution in [0.3, 0.4) is 0 Å². The molecule has 5 aliphatic heterocycles. The molecule has 4 unspecified atom stereocenters. The number of aliphatic hydroxyl groups is 4. The summed E-state index contributed by atoms with van der Waals surface area (Å²) < 4.78 is 129. The first-order chi connectivity index (χ1) is 39.2. The summed E-state index contributed by atoms with van der Waals surface area (Å²) in [5.74, 6) is -8.76. The summed E-state index contributed by atoms with van der Waals surface area (Å²) in [5, 5.41) is 46.7. The van der Waals surface area contributed by atoms with Gasteiger partial charge in [0.2, 0.25) is 23.6 Å². The predicted octanol–water partition coefficient (Wildman–Crippen LogP) is -3.09. The van der Waals surface area contributed by atoms with Gasteiger partial charge in [-0.25, -0.2) is 4.79 Å². The number of morpholine rings is 2. The summed E-state index contributed by atoms with van der Waals surface area (Å²) in [5.41, 5.74) is 0.182. The topological polar surface area (TPSA) is 356 Å². The number of carbonyl (C=O) groups is 9.